The van der Waals surface area contributed by atoms with Crippen molar-refractivity contribution in [1.29, 1.82) is 0 Å². The number of hydrogen-bond acceptors (Lipinski definition) is 4. The number of aromatic nitrogens is 2. The van der Waals surface area contributed by atoms with Gasteiger partial charge in [0, 0.05) is 25.7 Å². The first-order valence-corrected chi connectivity index (χ1v) is 6.23. The number of hydrogen-bond donors (Lipinski definition) is 2. The third kappa shape index (κ3) is 2.91. The minimum absolute atomic E-state index is 0.197. The van der Waals surface area contributed by atoms with Crippen LogP contribution in [0.2, 0.25) is 0 Å². The van der Waals surface area contributed by atoms with Gasteiger partial charge < -0.3 is 15.7 Å². The van der Waals surface area contributed by atoms with Crippen LogP contribution in [0.4, 0.5) is 11.5 Å². The summed E-state index contributed by atoms with van der Waals surface area (Å²) >= 11 is 0. The van der Waals surface area contributed by atoms with Gasteiger partial charge in [-0.15, -0.1) is 0 Å². The number of aryl methyl sites for hydroxylation is 2. The molecule has 0 atom stereocenters. The van der Waals surface area contributed by atoms with Crippen LogP contribution in [0.1, 0.15) is 32.9 Å². The Labute approximate surface area is 103 Å². The van der Waals surface area contributed by atoms with Crippen LogP contribution < -0.4 is 10.6 Å². The highest BCUT2D eigenvalue weighted by Gasteiger charge is 2.20. The lowest BCUT2D eigenvalue weighted by Crippen LogP contribution is -2.34. The Morgan fingerprint density at radius 3 is 2.59 bits per heavy atom. The fraction of sp³-hybridized carbons (Fsp3) is 0.750. The summed E-state index contributed by atoms with van der Waals surface area (Å²) in [4.78, 5) is 2.20. The summed E-state index contributed by atoms with van der Waals surface area (Å²) < 4.78 is 1.93. The predicted molar refractivity (Wildman–Crippen MR) is 71.2 cm³/mol. The number of aliphatic hydroxyl groups excluding tert-OH is 1. The molecular formula is C12H24N4O. The van der Waals surface area contributed by atoms with Crippen LogP contribution in [0.3, 0.4) is 0 Å². The van der Waals surface area contributed by atoms with Crippen molar-refractivity contribution in [3.05, 3.63) is 5.69 Å². The number of nitrogen functional groups attached to an aromatic ring is 1. The Morgan fingerprint density at radius 2 is 2.12 bits per heavy atom. The van der Waals surface area contributed by atoms with Crippen molar-refractivity contribution in [2.24, 2.45) is 0 Å². The predicted octanol–water partition coefficient (Wildman–Crippen LogP) is 1.39. The second kappa shape index (κ2) is 5.91. The number of nitrogens with zero attached hydrogens (tertiary/aromatic N) is 3. The van der Waals surface area contributed by atoms with Crippen LogP contribution in [-0.2, 0) is 6.54 Å². The molecule has 1 heterocycles. The van der Waals surface area contributed by atoms with Crippen molar-refractivity contribution in [2.75, 3.05) is 23.8 Å². The van der Waals surface area contributed by atoms with E-state index in [1.54, 1.807) is 0 Å². The van der Waals surface area contributed by atoms with Crippen molar-refractivity contribution in [3.8, 4) is 0 Å². The Kier molecular flexibility index (Phi) is 4.81. The van der Waals surface area contributed by atoms with Gasteiger partial charge in [0.25, 0.3) is 0 Å². The zero-order valence-electron chi connectivity index (χ0n) is 11.3. The molecule has 0 saturated carbocycles. The third-order valence-electron chi connectivity index (χ3n) is 2.90. The minimum atomic E-state index is 0.197. The van der Waals surface area contributed by atoms with E-state index in [1.807, 2.05) is 11.6 Å². The Balaban J connectivity index is 3.08. The van der Waals surface area contributed by atoms with Gasteiger partial charge in [-0.05, 0) is 34.1 Å². The molecule has 5 nitrogen and oxygen atoms in total. The summed E-state index contributed by atoms with van der Waals surface area (Å²) in [5.74, 6) is 0.980. The maximum atomic E-state index is 8.96. The van der Waals surface area contributed by atoms with E-state index in [9.17, 15) is 0 Å². The van der Waals surface area contributed by atoms with Crippen molar-refractivity contribution in [1.82, 2.24) is 9.78 Å². The zero-order valence-corrected chi connectivity index (χ0v) is 11.3. The molecule has 17 heavy (non-hydrogen) atoms. The summed E-state index contributed by atoms with van der Waals surface area (Å²) in [7, 11) is 0. The van der Waals surface area contributed by atoms with E-state index >= 15 is 0 Å². The Bertz CT molecular complexity index is 360. The number of nitrogens with two attached hydrogens (primary N) is 1. The summed E-state index contributed by atoms with van der Waals surface area (Å²) in [6.07, 6.45) is 0.742. The molecule has 5 heteroatoms. The highest BCUT2D eigenvalue weighted by atomic mass is 16.3. The molecule has 0 unspecified atom stereocenters. The fourth-order valence-corrected chi connectivity index (χ4v) is 1.96. The summed E-state index contributed by atoms with van der Waals surface area (Å²) in [5.41, 5.74) is 7.72. The normalized spacial score (nSPS) is 11.2. The molecule has 98 valence electrons. The molecule has 0 aliphatic carbocycles. The molecule has 1 aromatic rings. The first-order chi connectivity index (χ1) is 8.02. The Hall–Kier alpha value is -1.23. The number of anilines is 2. The van der Waals surface area contributed by atoms with Crippen LogP contribution in [0.5, 0.6) is 0 Å². The topological polar surface area (TPSA) is 67.3 Å². The van der Waals surface area contributed by atoms with Gasteiger partial charge in [0.2, 0.25) is 0 Å². The lowest BCUT2D eigenvalue weighted by atomic mass is 10.2. The van der Waals surface area contributed by atoms with Gasteiger partial charge in [-0.1, -0.05) is 0 Å². The van der Waals surface area contributed by atoms with Gasteiger partial charge in [-0.25, -0.2) is 4.68 Å². The fourth-order valence-electron chi connectivity index (χ4n) is 1.96. The lowest BCUT2D eigenvalue weighted by Gasteiger charge is -2.29. The number of aliphatic hydroxyl groups is 1. The van der Waals surface area contributed by atoms with Crippen molar-refractivity contribution < 1.29 is 5.11 Å². The molecule has 0 aromatic carbocycles. The second-order valence-corrected chi connectivity index (χ2v) is 4.50. The SMILES string of the molecule is CCn1nc(C)c(N)c1N(CCCO)C(C)C. The van der Waals surface area contributed by atoms with E-state index < -0.39 is 0 Å². The van der Waals surface area contributed by atoms with Crippen molar-refractivity contribution >= 4 is 11.5 Å². The van der Waals surface area contributed by atoms with Gasteiger partial charge in [0.1, 0.15) is 0 Å². The van der Waals surface area contributed by atoms with Crippen LogP contribution in [0.25, 0.3) is 0 Å². The van der Waals surface area contributed by atoms with Gasteiger partial charge in [-0.2, -0.15) is 5.10 Å². The van der Waals surface area contributed by atoms with Gasteiger partial charge >= 0.3 is 0 Å². The van der Waals surface area contributed by atoms with E-state index in [2.05, 4.69) is 30.8 Å². The van der Waals surface area contributed by atoms with E-state index in [4.69, 9.17) is 10.8 Å². The smallest absolute Gasteiger partial charge is 0.150 e. The maximum absolute atomic E-state index is 8.96. The van der Waals surface area contributed by atoms with E-state index in [0.29, 0.717) is 6.04 Å². The quantitative estimate of drug-likeness (QED) is 0.788. The molecule has 0 radical (unpaired) electrons. The molecule has 0 amide bonds. The molecule has 0 aliphatic rings. The molecule has 0 spiro atoms. The Morgan fingerprint density at radius 1 is 1.47 bits per heavy atom. The first kappa shape index (κ1) is 13.8. The average Bonchev–Trinajstić information content (AvgIpc) is 2.57. The van der Waals surface area contributed by atoms with E-state index in [1.165, 1.54) is 0 Å². The molecule has 3 N–H and O–H groups in total. The van der Waals surface area contributed by atoms with Crippen LogP contribution >= 0.6 is 0 Å². The van der Waals surface area contributed by atoms with Gasteiger partial charge in [-0.3, -0.25) is 0 Å². The first-order valence-electron chi connectivity index (χ1n) is 6.23. The molecule has 0 fully saturated rings. The molecule has 1 rings (SSSR count). The second-order valence-electron chi connectivity index (χ2n) is 4.50. The molecular weight excluding hydrogens is 216 g/mol. The summed E-state index contributed by atoms with van der Waals surface area (Å²) in [5, 5.41) is 13.4. The molecule has 0 aliphatic heterocycles. The third-order valence-corrected chi connectivity index (χ3v) is 2.90. The molecule has 1 aromatic heterocycles. The lowest BCUT2D eigenvalue weighted by molar-refractivity contribution is 0.288. The van der Waals surface area contributed by atoms with Gasteiger partial charge in [0.05, 0.1) is 11.4 Å². The maximum Gasteiger partial charge on any atom is 0.150 e. The molecule has 0 bridgehead atoms. The van der Waals surface area contributed by atoms with Crippen molar-refractivity contribution in [3.63, 3.8) is 0 Å². The largest absolute Gasteiger partial charge is 0.396 e. The van der Waals surface area contributed by atoms with Gasteiger partial charge in [0.15, 0.2) is 5.82 Å². The summed E-state index contributed by atoms with van der Waals surface area (Å²) in [6.45, 7) is 10.0. The standard InChI is InChI=1S/C12H24N4O/c1-5-16-12(11(13)10(4)14-16)15(9(2)3)7-6-8-17/h9,17H,5-8,13H2,1-4H3. The van der Waals surface area contributed by atoms with Crippen LogP contribution in [0, 0.1) is 6.92 Å². The highest BCUT2D eigenvalue weighted by molar-refractivity contribution is 5.66. The van der Waals surface area contributed by atoms with Crippen LogP contribution in [0.15, 0.2) is 0 Å². The minimum Gasteiger partial charge on any atom is -0.396 e. The monoisotopic (exact) mass is 240 g/mol. The van der Waals surface area contributed by atoms with E-state index in [-0.39, 0.29) is 6.61 Å². The zero-order chi connectivity index (χ0) is 13.0. The van der Waals surface area contributed by atoms with E-state index in [0.717, 1.165) is 36.7 Å². The van der Waals surface area contributed by atoms with Crippen molar-refractivity contribution in [2.45, 2.75) is 46.7 Å². The molecule has 0 saturated heterocycles. The summed E-state index contributed by atoms with van der Waals surface area (Å²) in [6, 6.07) is 0.338. The number of rotatable bonds is 6. The average molecular weight is 240 g/mol. The highest BCUT2D eigenvalue weighted by Crippen LogP contribution is 2.28. The van der Waals surface area contributed by atoms with Crippen LogP contribution in [-0.4, -0.2) is 34.1 Å².